The highest BCUT2D eigenvalue weighted by atomic mass is 16.5. The molecule has 23 heavy (non-hydrogen) atoms. The topological polar surface area (TPSA) is 29.5 Å². The fraction of sp³-hybridized carbons (Fsp3) is 0.350. The van der Waals surface area contributed by atoms with E-state index in [9.17, 15) is 4.79 Å². The summed E-state index contributed by atoms with van der Waals surface area (Å²) in [4.78, 5) is 14.2. The highest BCUT2D eigenvalue weighted by Gasteiger charge is 2.20. The molecule has 3 heteroatoms. The molecule has 0 fully saturated rings. The third kappa shape index (κ3) is 4.35. The number of rotatable bonds is 5. The first-order chi connectivity index (χ1) is 10.9. The summed E-state index contributed by atoms with van der Waals surface area (Å²) in [6.45, 7) is 8.51. The smallest absolute Gasteiger partial charge is 0.263 e. The van der Waals surface area contributed by atoms with Crippen LogP contribution in [-0.4, -0.2) is 24.0 Å². The summed E-state index contributed by atoms with van der Waals surface area (Å²) in [5.74, 6) is 0.767. The number of hydrogen-bond acceptors (Lipinski definition) is 2. The van der Waals surface area contributed by atoms with E-state index in [1.807, 2.05) is 57.3 Å². The average molecular weight is 311 g/mol. The molecule has 122 valence electrons. The van der Waals surface area contributed by atoms with Gasteiger partial charge >= 0.3 is 0 Å². The number of benzene rings is 2. The molecule has 2 aromatic carbocycles. The lowest BCUT2D eigenvalue weighted by atomic mass is 10.1. The Morgan fingerprint density at radius 3 is 2.43 bits per heavy atom. The Morgan fingerprint density at radius 2 is 1.78 bits per heavy atom. The highest BCUT2D eigenvalue weighted by molar-refractivity contribution is 5.80. The largest absolute Gasteiger partial charge is 0.481 e. The standard InChI is InChI=1S/C20H25NO2/c1-14-11-15(2)16(3)19(12-14)23-17(4)20(22)21(5)13-18-9-7-6-8-10-18/h6-12,17H,13H2,1-5H3. The fourth-order valence-electron chi connectivity index (χ4n) is 2.61. The molecule has 0 saturated heterocycles. The van der Waals surface area contributed by atoms with Crippen LogP contribution in [0, 0.1) is 20.8 Å². The van der Waals surface area contributed by atoms with Gasteiger partial charge in [-0.25, -0.2) is 0 Å². The van der Waals surface area contributed by atoms with E-state index < -0.39 is 6.10 Å². The van der Waals surface area contributed by atoms with Crippen LogP contribution in [0.4, 0.5) is 0 Å². The lowest BCUT2D eigenvalue weighted by Crippen LogP contribution is -2.37. The lowest BCUT2D eigenvalue weighted by molar-refractivity contribution is -0.137. The van der Waals surface area contributed by atoms with Crippen molar-refractivity contribution in [2.45, 2.75) is 40.3 Å². The van der Waals surface area contributed by atoms with Gasteiger partial charge in [-0.15, -0.1) is 0 Å². The Labute approximate surface area is 138 Å². The first kappa shape index (κ1) is 17.1. The summed E-state index contributed by atoms with van der Waals surface area (Å²) >= 11 is 0. The number of carbonyl (C=O) groups excluding carboxylic acids is 1. The van der Waals surface area contributed by atoms with E-state index in [-0.39, 0.29) is 5.91 Å². The van der Waals surface area contributed by atoms with Gasteiger partial charge in [0.1, 0.15) is 5.75 Å². The van der Waals surface area contributed by atoms with E-state index in [0.717, 1.165) is 22.4 Å². The molecule has 2 aromatic rings. The van der Waals surface area contributed by atoms with E-state index in [2.05, 4.69) is 13.0 Å². The van der Waals surface area contributed by atoms with Gasteiger partial charge in [0.05, 0.1) is 0 Å². The van der Waals surface area contributed by atoms with Crippen LogP contribution in [0.5, 0.6) is 5.75 Å². The number of hydrogen-bond donors (Lipinski definition) is 0. The first-order valence-electron chi connectivity index (χ1n) is 7.92. The van der Waals surface area contributed by atoms with Gasteiger partial charge in [0.25, 0.3) is 5.91 Å². The third-order valence-corrected chi connectivity index (χ3v) is 4.05. The van der Waals surface area contributed by atoms with Crippen molar-refractivity contribution < 1.29 is 9.53 Å². The van der Waals surface area contributed by atoms with Gasteiger partial charge in [-0.05, 0) is 56.0 Å². The minimum atomic E-state index is -0.511. The van der Waals surface area contributed by atoms with Crippen molar-refractivity contribution in [1.29, 1.82) is 0 Å². The molecule has 1 atom stereocenters. The zero-order valence-corrected chi connectivity index (χ0v) is 14.6. The van der Waals surface area contributed by atoms with Gasteiger partial charge in [0.2, 0.25) is 0 Å². The van der Waals surface area contributed by atoms with Crippen molar-refractivity contribution in [1.82, 2.24) is 4.90 Å². The summed E-state index contributed by atoms with van der Waals surface area (Å²) in [6, 6.07) is 14.1. The van der Waals surface area contributed by atoms with E-state index in [1.54, 1.807) is 11.8 Å². The predicted octanol–water partition coefficient (Wildman–Crippen LogP) is 4.04. The van der Waals surface area contributed by atoms with Crippen molar-refractivity contribution in [3.63, 3.8) is 0 Å². The second-order valence-electron chi connectivity index (χ2n) is 6.14. The van der Waals surface area contributed by atoms with Gasteiger partial charge in [-0.3, -0.25) is 4.79 Å². The Kier molecular flexibility index (Phi) is 5.43. The highest BCUT2D eigenvalue weighted by Crippen LogP contribution is 2.24. The molecule has 0 aromatic heterocycles. The lowest BCUT2D eigenvalue weighted by Gasteiger charge is -2.23. The number of carbonyl (C=O) groups is 1. The third-order valence-electron chi connectivity index (χ3n) is 4.05. The molecule has 3 nitrogen and oxygen atoms in total. The molecule has 0 aliphatic rings. The Hall–Kier alpha value is -2.29. The molecule has 2 rings (SSSR count). The van der Waals surface area contributed by atoms with Crippen LogP contribution >= 0.6 is 0 Å². The van der Waals surface area contributed by atoms with E-state index in [0.29, 0.717) is 6.54 Å². The zero-order valence-electron chi connectivity index (χ0n) is 14.6. The summed E-state index contributed by atoms with van der Waals surface area (Å²) in [5.41, 5.74) is 4.51. The van der Waals surface area contributed by atoms with Crippen LogP contribution in [-0.2, 0) is 11.3 Å². The second kappa shape index (κ2) is 7.32. The van der Waals surface area contributed by atoms with Crippen molar-refractivity contribution in [3.8, 4) is 5.75 Å². The number of aryl methyl sites for hydroxylation is 2. The molecule has 1 amide bonds. The van der Waals surface area contributed by atoms with Crippen molar-refractivity contribution in [2.24, 2.45) is 0 Å². The van der Waals surface area contributed by atoms with Gasteiger partial charge < -0.3 is 9.64 Å². The summed E-state index contributed by atoms with van der Waals surface area (Å²) < 4.78 is 5.94. The number of ether oxygens (including phenoxy) is 1. The van der Waals surface area contributed by atoms with Crippen molar-refractivity contribution >= 4 is 5.91 Å². The maximum Gasteiger partial charge on any atom is 0.263 e. The summed E-state index contributed by atoms with van der Waals surface area (Å²) in [7, 11) is 1.81. The molecule has 0 N–H and O–H groups in total. The molecule has 0 aliphatic carbocycles. The SMILES string of the molecule is Cc1cc(C)c(C)c(OC(C)C(=O)N(C)Cc2ccccc2)c1. The molecular formula is C20H25NO2. The number of nitrogens with zero attached hydrogens (tertiary/aromatic N) is 1. The summed E-state index contributed by atoms with van der Waals surface area (Å²) in [5, 5.41) is 0. The Bertz CT molecular complexity index is 680. The minimum Gasteiger partial charge on any atom is -0.481 e. The van der Waals surface area contributed by atoms with Gasteiger partial charge in [-0.2, -0.15) is 0 Å². The van der Waals surface area contributed by atoms with Crippen molar-refractivity contribution in [3.05, 3.63) is 64.7 Å². The average Bonchev–Trinajstić information content (AvgIpc) is 2.52. The minimum absolute atomic E-state index is 0.0209. The predicted molar refractivity (Wildman–Crippen MR) is 93.7 cm³/mol. The molecule has 0 radical (unpaired) electrons. The fourth-order valence-corrected chi connectivity index (χ4v) is 2.61. The monoisotopic (exact) mass is 311 g/mol. The molecule has 0 bridgehead atoms. The van der Waals surface area contributed by atoms with Crippen molar-refractivity contribution in [2.75, 3.05) is 7.05 Å². The van der Waals surface area contributed by atoms with Gasteiger partial charge in [0, 0.05) is 13.6 Å². The second-order valence-corrected chi connectivity index (χ2v) is 6.14. The van der Waals surface area contributed by atoms with Crippen LogP contribution in [0.1, 0.15) is 29.2 Å². The number of likely N-dealkylation sites (N-methyl/N-ethyl adjacent to an activating group) is 1. The van der Waals surface area contributed by atoms with E-state index >= 15 is 0 Å². The quantitative estimate of drug-likeness (QED) is 0.834. The van der Waals surface area contributed by atoms with Crippen LogP contribution < -0.4 is 4.74 Å². The van der Waals surface area contributed by atoms with Crippen LogP contribution in [0.25, 0.3) is 0 Å². The van der Waals surface area contributed by atoms with E-state index in [4.69, 9.17) is 4.74 Å². The molecule has 0 heterocycles. The van der Waals surface area contributed by atoms with Crippen LogP contribution in [0.2, 0.25) is 0 Å². The zero-order chi connectivity index (χ0) is 17.0. The first-order valence-corrected chi connectivity index (χ1v) is 7.92. The molecule has 1 unspecified atom stereocenters. The molecule has 0 spiro atoms. The van der Waals surface area contributed by atoms with Crippen LogP contribution in [0.3, 0.4) is 0 Å². The summed E-state index contributed by atoms with van der Waals surface area (Å²) in [6.07, 6.45) is -0.511. The Balaban J connectivity index is 2.05. The number of amides is 1. The van der Waals surface area contributed by atoms with Gasteiger partial charge in [-0.1, -0.05) is 36.4 Å². The maximum atomic E-state index is 12.5. The molecular weight excluding hydrogens is 286 g/mol. The maximum absolute atomic E-state index is 12.5. The normalized spacial score (nSPS) is 11.9. The van der Waals surface area contributed by atoms with E-state index in [1.165, 1.54) is 5.56 Å². The van der Waals surface area contributed by atoms with Gasteiger partial charge in [0.15, 0.2) is 6.10 Å². The molecule has 0 saturated carbocycles. The Morgan fingerprint density at radius 1 is 1.13 bits per heavy atom. The molecule has 0 aliphatic heterocycles. The van der Waals surface area contributed by atoms with Crippen LogP contribution in [0.15, 0.2) is 42.5 Å².